The maximum atomic E-state index is 13.0. The Labute approximate surface area is 195 Å². The predicted molar refractivity (Wildman–Crippen MR) is 125 cm³/mol. The van der Waals surface area contributed by atoms with Crippen LogP contribution in [0.1, 0.15) is 21.7 Å². The van der Waals surface area contributed by atoms with Crippen LogP contribution in [-0.4, -0.2) is 29.1 Å². The molecule has 0 aliphatic carbocycles. The Kier molecular flexibility index (Phi) is 5.69. The Hall–Kier alpha value is -4.24. The molecule has 34 heavy (non-hydrogen) atoms. The molecule has 9 heteroatoms. The van der Waals surface area contributed by atoms with Gasteiger partial charge in [-0.3, -0.25) is 14.5 Å². The Morgan fingerprint density at radius 3 is 2.29 bits per heavy atom. The summed E-state index contributed by atoms with van der Waals surface area (Å²) in [6.07, 6.45) is 6.73. The van der Waals surface area contributed by atoms with Gasteiger partial charge in [-0.2, -0.15) is 5.10 Å². The van der Waals surface area contributed by atoms with Crippen LogP contribution in [0.25, 0.3) is 11.0 Å². The molecule has 2 aromatic carbocycles. The number of sulfone groups is 1. The van der Waals surface area contributed by atoms with Crippen molar-refractivity contribution < 1.29 is 17.6 Å². The van der Waals surface area contributed by atoms with Gasteiger partial charge in [-0.15, -0.1) is 0 Å². The summed E-state index contributed by atoms with van der Waals surface area (Å²) in [7, 11) is -3.65. The zero-order valence-corrected chi connectivity index (χ0v) is 18.8. The first-order valence-electron chi connectivity index (χ1n) is 10.5. The monoisotopic (exact) mass is 472 g/mol. The van der Waals surface area contributed by atoms with Gasteiger partial charge in [0.2, 0.25) is 9.84 Å². The van der Waals surface area contributed by atoms with Crippen molar-refractivity contribution in [2.24, 2.45) is 0 Å². The summed E-state index contributed by atoms with van der Waals surface area (Å²) in [4.78, 5) is 16.8. The minimum Gasteiger partial charge on any atom is -0.449 e. The molecule has 5 rings (SSSR count). The van der Waals surface area contributed by atoms with E-state index in [0.29, 0.717) is 12.1 Å². The number of nitrogens with one attached hydrogen (secondary N) is 1. The smallest absolute Gasteiger partial charge is 0.287 e. The molecule has 1 amide bonds. The van der Waals surface area contributed by atoms with Crippen LogP contribution >= 0.6 is 0 Å². The summed E-state index contributed by atoms with van der Waals surface area (Å²) in [5, 5.41) is 7.73. The van der Waals surface area contributed by atoms with Gasteiger partial charge in [-0.05, 0) is 53.6 Å². The van der Waals surface area contributed by atoms with E-state index in [4.69, 9.17) is 4.42 Å². The van der Waals surface area contributed by atoms with E-state index in [0.717, 1.165) is 16.5 Å². The Morgan fingerprint density at radius 2 is 1.65 bits per heavy atom. The number of benzene rings is 2. The van der Waals surface area contributed by atoms with Crippen LogP contribution in [0.4, 0.5) is 0 Å². The molecule has 0 unspecified atom stereocenters. The Balaban J connectivity index is 1.24. The molecule has 0 bridgehead atoms. The van der Waals surface area contributed by atoms with Gasteiger partial charge < -0.3 is 9.73 Å². The number of fused-ring (bicyclic) bond motifs is 1. The van der Waals surface area contributed by atoms with Gasteiger partial charge in [0, 0.05) is 30.5 Å². The van der Waals surface area contributed by atoms with Gasteiger partial charge in [0.15, 0.2) is 11.3 Å². The Bertz CT molecular complexity index is 1510. The van der Waals surface area contributed by atoms with E-state index in [1.165, 1.54) is 0 Å². The molecule has 0 saturated heterocycles. The number of furan rings is 1. The van der Waals surface area contributed by atoms with Gasteiger partial charge in [0.05, 0.1) is 22.5 Å². The number of hydrogen-bond acceptors (Lipinski definition) is 6. The summed E-state index contributed by atoms with van der Waals surface area (Å²) in [5.74, 6) is -0.165. The average Bonchev–Trinajstić information content (AvgIpc) is 3.53. The van der Waals surface area contributed by atoms with Gasteiger partial charge in [-0.25, -0.2) is 8.42 Å². The number of amides is 1. The summed E-state index contributed by atoms with van der Waals surface area (Å²) < 4.78 is 33.3. The largest absolute Gasteiger partial charge is 0.449 e. The first-order chi connectivity index (χ1) is 16.5. The van der Waals surface area contributed by atoms with Crippen molar-refractivity contribution in [2.45, 2.75) is 22.9 Å². The molecule has 0 radical (unpaired) electrons. The minimum atomic E-state index is -3.65. The van der Waals surface area contributed by atoms with Crippen molar-refractivity contribution in [1.82, 2.24) is 20.1 Å². The van der Waals surface area contributed by atoms with Crippen LogP contribution < -0.4 is 5.32 Å². The molecule has 0 saturated carbocycles. The molecule has 0 fully saturated rings. The van der Waals surface area contributed by atoms with Gasteiger partial charge in [0.25, 0.3) is 5.91 Å². The lowest BCUT2D eigenvalue weighted by atomic mass is 10.2. The highest BCUT2D eigenvalue weighted by Crippen LogP contribution is 2.22. The minimum absolute atomic E-state index is 0.187. The normalized spacial score (nSPS) is 11.5. The molecule has 1 N–H and O–H groups in total. The topological polar surface area (TPSA) is 107 Å². The summed E-state index contributed by atoms with van der Waals surface area (Å²) in [6, 6.07) is 18.5. The second-order valence-corrected chi connectivity index (χ2v) is 9.65. The number of rotatable bonds is 7. The fourth-order valence-corrected chi connectivity index (χ4v) is 4.80. The molecule has 0 spiro atoms. The first-order valence-corrected chi connectivity index (χ1v) is 12.0. The summed E-state index contributed by atoms with van der Waals surface area (Å²) >= 11 is 0. The second kappa shape index (κ2) is 8.95. The van der Waals surface area contributed by atoms with Crippen LogP contribution in [0.2, 0.25) is 0 Å². The highest BCUT2D eigenvalue weighted by atomic mass is 32.2. The Morgan fingerprint density at radius 1 is 0.941 bits per heavy atom. The van der Waals surface area contributed by atoms with Gasteiger partial charge in [-0.1, -0.05) is 24.3 Å². The summed E-state index contributed by atoms with van der Waals surface area (Å²) in [6.45, 7) is 0.801. The van der Waals surface area contributed by atoms with Crippen molar-refractivity contribution in [3.63, 3.8) is 0 Å². The number of hydrogen-bond donors (Lipinski definition) is 1. The molecule has 0 aliphatic rings. The van der Waals surface area contributed by atoms with E-state index < -0.39 is 9.84 Å². The number of pyridine rings is 1. The van der Waals surface area contributed by atoms with Crippen LogP contribution in [0.15, 0.2) is 106 Å². The molecule has 0 atom stereocenters. The number of aromatic nitrogens is 3. The van der Waals surface area contributed by atoms with Crippen LogP contribution in [0.3, 0.4) is 0 Å². The van der Waals surface area contributed by atoms with Crippen molar-refractivity contribution in [1.29, 1.82) is 0 Å². The van der Waals surface area contributed by atoms with Crippen LogP contribution in [-0.2, 0) is 22.9 Å². The summed E-state index contributed by atoms with van der Waals surface area (Å²) in [5.41, 5.74) is 2.26. The van der Waals surface area contributed by atoms with Crippen LogP contribution in [0.5, 0.6) is 0 Å². The second-order valence-electron chi connectivity index (χ2n) is 7.70. The lowest BCUT2D eigenvalue weighted by molar-refractivity contribution is 0.0925. The van der Waals surface area contributed by atoms with E-state index in [2.05, 4.69) is 15.4 Å². The lowest BCUT2D eigenvalue weighted by Gasteiger charge is -2.08. The highest BCUT2D eigenvalue weighted by molar-refractivity contribution is 7.91. The number of nitrogens with zero attached hydrogens (tertiary/aromatic N) is 3. The molecule has 3 aromatic heterocycles. The average molecular weight is 473 g/mol. The van der Waals surface area contributed by atoms with E-state index >= 15 is 0 Å². The first kappa shape index (κ1) is 21.6. The van der Waals surface area contributed by atoms with Crippen LogP contribution in [0, 0.1) is 0 Å². The maximum Gasteiger partial charge on any atom is 0.287 e. The lowest BCUT2D eigenvalue weighted by Crippen LogP contribution is -2.22. The van der Waals surface area contributed by atoms with E-state index in [-0.39, 0.29) is 28.0 Å². The quantitative estimate of drug-likeness (QED) is 0.386. The molecule has 5 aromatic rings. The fourth-order valence-electron chi connectivity index (χ4n) is 3.54. The molecular weight excluding hydrogens is 452 g/mol. The maximum absolute atomic E-state index is 13.0. The van der Waals surface area contributed by atoms with E-state index in [1.54, 1.807) is 83.9 Å². The third-order valence-corrected chi connectivity index (χ3v) is 7.16. The zero-order chi connectivity index (χ0) is 23.5. The van der Waals surface area contributed by atoms with Crippen molar-refractivity contribution in [2.75, 3.05) is 0 Å². The molecule has 3 heterocycles. The van der Waals surface area contributed by atoms with Gasteiger partial charge >= 0.3 is 0 Å². The van der Waals surface area contributed by atoms with Crippen molar-refractivity contribution in [3.8, 4) is 0 Å². The number of carbonyl (C=O) groups excluding carboxylic acids is 1. The fraction of sp³-hybridized carbons (Fsp3) is 0.0800. The predicted octanol–water partition coefficient (Wildman–Crippen LogP) is 3.84. The molecule has 8 nitrogen and oxygen atoms in total. The standard InChI is InChI=1S/C25H20N4O4S/c30-25(23-14-20-10-12-26-16-24(20)33-23)27-15-18-2-6-21(7-3-18)34(31,32)22-8-4-19(5-9-22)17-29-13-1-11-28-29/h1-14,16H,15,17H2,(H,27,30). The third-order valence-electron chi connectivity index (χ3n) is 5.37. The van der Waals surface area contributed by atoms with Crippen molar-refractivity contribution in [3.05, 3.63) is 108 Å². The SMILES string of the molecule is O=C(NCc1ccc(S(=O)(=O)c2ccc(Cn3cccn3)cc2)cc1)c1cc2ccncc2o1. The number of carbonyl (C=O) groups is 1. The zero-order valence-electron chi connectivity index (χ0n) is 18.0. The van der Waals surface area contributed by atoms with E-state index in [9.17, 15) is 13.2 Å². The van der Waals surface area contributed by atoms with Gasteiger partial charge in [0.1, 0.15) is 0 Å². The highest BCUT2D eigenvalue weighted by Gasteiger charge is 2.18. The van der Waals surface area contributed by atoms with E-state index in [1.807, 2.05) is 12.3 Å². The third kappa shape index (κ3) is 4.46. The molecule has 170 valence electrons. The van der Waals surface area contributed by atoms with Crippen molar-refractivity contribution >= 4 is 26.7 Å². The molecular formula is C25H20N4O4S. The molecule has 0 aliphatic heterocycles.